The van der Waals surface area contributed by atoms with E-state index in [1.54, 1.807) is 42.3 Å². The Labute approximate surface area is 137 Å². The van der Waals surface area contributed by atoms with E-state index in [1.807, 2.05) is 18.2 Å². The third-order valence-corrected chi connectivity index (χ3v) is 4.13. The molecule has 4 rings (SSSR count). The molecule has 3 aromatic heterocycles. The molecular formula is C19H14FN3O. The largest absolute Gasteiger partial charge is 0.354 e. The smallest absolute Gasteiger partial charge is 0.260 e. The predicted molar refractivity (Wildman–Crippen MR) is 92.2 cm³/mol. The maximum Gasteiger partial charge on any atom is 0.260 e. The molecule has 0 saturated carbocycles. The van der Waals surface area contributed by atoms with Crippen molar-refractivity contribution in [2.75, 3.05) is 0 Å². The van der Waals surface area contributed by atoms with Crippen LogP contribution in [0, 0.1) is 5.82 Å². The minimum atomic E-state index is -0.308. The number of nitrogens with one attached hydrogen (secondary N) is 1. The zero-order chi connectivity index (χ0) is 16.7. The highest BCUT2D eigenvalue weighted by atomic mass is 19.1. The summed E-state index contributed by atoms with van der Waals surface area (Å²) in [7, 11) is 1.72. The summed E-state index contributed by atoms with van der Waals surface area (Å²) in [5, 5.41) is 0.596. The van der Waals surface area contributed by atoms with Gasteiger partial charge in [-0.1, -0.05) is 12.1 Å². The highest BCUT2D eigenvalue weighted by molar-refractivity contribution is 6.03. The minimum Gasteiger partial charge on any atom is -0.354 e. The van der Waals surface area contributed by atoms with E-state index < -0.39 is 0 Å². The van der Waals surface area contributed by atoms with Crippen LogP contribution in [0.3, 0.4) is 0 Å². The maximum atomic E-state index is 13.3. The van der Waals surface area contributed by atoms with E-state index in [4.69, 9.17) is 0 Å². The number of pyridine rings is 2. The quantitative estimate of drug-likeness (QED) is 0.612. The standard InChI is InChI=1S/C19H14FN3O/c1-23-11-8-15-17(19(23)24)16(12-2-4-14(20)5-3-12)18(22-15)13-6-9-21-10-7-13/h2-11,22H,1H3. The van der Waals surface area contributed by atoms with Crippen LogP contribution in [0.1, 0.15) is 0 Å². The van der Waals surface area contributed by atoms with E-state index in [-0.39, 0.29) is 11.4 Å². The number of hydrogen-bond donors (Lipinski definition) is 1. The molecule has 118 valence electrons. The molecule has 0 saturated heterocycles. The number of hydrogen-bond acceptors (Lipinski definition) is 2. The average molecular weight is 319 g/mol. The first-order chi connectivity index (χ1) is 11.6. The number of aryl methyl sites for hydroxylation is 1. The molecular weight excluding hydrogens is 305 g/mol. The summed E-state index contributed by atoms with van der Waals surface area (Å²) in [6.07, 6.45) is 5.13. The predicted octanol–water partition coefficient (Wildman–Crippen LogP) is 3.73. The van der Waals surface area contributed by atoms with Gasteiger partial charge in [0, 0.05) is 36.8 Å². The molecule has 0 unspecified atom stereocenters. The Kier molecular flexibility index (Phi) is 3.27. The summed E-state index contributed by atoms with van der Waals surface area (Å²) < 4.78 is 14.9. The molecule has 0 radical (unpaired) electrons. The fourth-order valence-corrected chi connectivity index (χ4v) is 2.94. The third kappa shape index (κ3) is 2.22. The van der Waals surface area contributed by atoms with Crippen molar-refractivity contribution in [3.8, 4) is 22.4 Å². The molecule has 0 spiro atoms. The second-order valence-corrected chi connectivity index (χ2v) is 5.64. The van der Waals surface area contributed by atoms with Gasteiger partial charge in [-0.05, 0) is 35.9 Å². The summed E-state index contributed by atoms with van der Waals surface area (Å²) in [5.41, 5.74) is 3.97. The number of aromatic nitrogens is 3. The van der Waals surface area contributed by atoms with Crippen molar-refractivity contribution in [2.45, 2.75) is 0 Å². The summed E-state index contributed by atoms with van der Waals surface area (Å²) >= 11 is 0. The fourth-order valence-electron chi connectivity index (χ4n) is 2.94. The Balaban J connectivity index is 2.13. The molecule has 3 heterocycles. The van der Waals surface area contributed by atoms with Crippen molar-refractivity contribution >= 4 is 10.9 Å². The number of nitrogens with zero attached hydrogens (tertiary/aromatic N) is 2. The van der Waals surface area contributed by atoms with Gasteiger partial charge in [-0.2, -0.15) is 0 Å². The molecule has 4 nitrogen and oxygen atoms in total. The van der Waals surface area contributed by atoms with Gasteiger partial charge in [0.25, 0.3) is 5.56 Å². The minimum absolute atomic E-state index is 0.0941. The van der Waals surface area contributed by atoms with Gasteiger partial charge >= 0.3 is 0 Å². The molecule has 1 N–H and O–H groups in total. The second kappa shape index (κ2) is 5.45. The SMILES string of the molecule is Cn1ccc2[nH]c(-c3ccncc3)c(-c3ccc(F)cc3)c2c1=O. The third-order valence-electron chi connectivity index (χ3n) is 4.13. The summed E-state index contributed by atoms with van der Waals surface area (Å²) in [6.45, 7) is 0. The normalized spacial score (nSPS) is 11.1. The summed E-state index contributed by atoms with van der Waals surface area (Å²) in [4.78, 5) is 20.1. The van der Waals surface area contributed by atoms with Crippen molar-refractivity contribution in [3.05, 3.63) is 77.2 Å². The van der Waals surface area contributed by atoms with Gasteiger partial charge in [0.1, 0.15) is 5.82 Å². The molecule has 5 heteroatoms. The summed E-state index contributed by atoms with van der Waals surface area (Å²) in [5.74, 6) is -0.308. The number of aromatic amines is 1. The zero-order valence-electron chi connectivity index (χ0n) is 13.0. The van der Waals surface area contributed by atoms with Crippen molar-refractivity contribution in [1.29, 1.82) is 0 Å². The average Bonchev–Trinajstić information content (AvgIpc) is 3.00. The Bertz CT molecular complexity index is 1080. The lowest BCUT2D eigenvalue weighted by Crippen LogP contribution is -2.15. The highest BCUT2D eigenvalue weighted by Crippen LogP contribution is 2.36. The molecule has 0 atom stereocenters. The number of H-pyrrole nitrogens is 1. The molecule has 0 aliphatic carbocycles. The molecule has 0 aliphatic heterocycles. The van der Waals surface area contributed by atoms with Crippen LogP contribution in [-0.2, 0) is 7.05 Å². The van der Waals surface area contributed by atoms with Gasteiger partial charge in [-0.3, -0.25) is 9.78 Å². The Morgan fingerprint density at radius 1 is 1.00 bits per heavy atom. The molecule has 24 heavy (non-hydrogen) atoms. The van der Waals surface area contributed by atoms with Crippen molar-refractivity contribution in [1.82, 2.24) is 14.5 Å². The van der Waals surface area contributed by atoms with Crippen LogP contribution in [0.15, 0.2) is 65.8 Å². The van der Waals surface area contributed by atoms with Gasteiger partial charge in [-0.15, -0.1) is 0 Å². The van der Waals surface area contributed by atoms with Gasteiger partial charge in [-0.25, -0.2) is 4.39 Å². The lowest BCUT2D eigenvalue weighted by Gasteiger charge is -2.06. The topological polar surface area (TPSA) is 50.7 Å². The second-order valence-electron chi connectivity index (χ2n) is 5.64. The Morgan fingerprint density at radius 2 is 1.71 bits per heavy atom. The molecule has 4 aromatic rings. The van der Waals surface area contributed by atoms with Crippen LogP contribution in [0.2, 0.25) is 0 Å². The monoisotopic (exact) mass is 319 g/mol. The Hall–Kier alpha value is -3.21. The van der Waals surface area contributed by atoms with E-state index >= 15 is 0 Å². The van der Waals surface area contributed by atoms with Gasteiger partial charge < -0.3 is 9.55 Å². The Morgan fingerprint density at radius 3 is 2.42 bits per heavy atom. The zero-order valence-corrected chi connectivity index (χ0v) is 13.0. The van der Waals surface area contributed by atoms with Crippen LogP contribution in [0.5, 0.6) is 0 Å². The highest BCUT2D eigenvalue weighted by Gasteiger charge is 2.18. The van der Waals surface area contributed by atoms with E-state index in [0.29, 0.717) is 5.39 Å². The van der Waals surface area contributed by atoms with Crippen LogP contribution in [0.25, 0.3) is 33.3 Å². The lowest BCUT2D eigenvalue weighted by molar-refractivity contribution is 0.628. The van der Waals surface area contributed by atoms with Gasteiger partial charge in [0.2, 0.25) is 0 Å². The van der Waals surface area contributed by atoms with Crippen LogP contribution in [0.4, 0.5) is 4.39 Å². The van der Waals surface area contributed by atoms with Crippen molar-refractivity contribution < 1.29 is 4.39 Å². The molecule has 0 amide bonds. The van der Waals surface area contributed by atoms with Crippen molar-refractivity contribution in [3.63, 3.8) is 0 Å². The number of rotatable bonds is 2. The van der Waals surface area contributed by atoms with E-state index in [2.05, 4.69) is 9.97 Å². The fraction of sp³-hybridized carbons (Fsp3) is 0.0526. The molecule has 0 fully saturated rings. The van der Waals surface area contributed by atoms with Crippen LogP contribution >= 0.6 is 0 Å². The van der Waals surface area contributed by atoms with Crippen molar-refractivity contribution in [2.24, 2.45) is 7.05 Å². The molecule has 0 bridgehead atoms. The molecule has 0 aliphatic rings. The van der Waals surface area contributed by atoms with Crippen LogP contribution in [-0.4, -0.2) is 14.5 Å². The van der Waals surface area contributed by atoms with E-state index in [1.165, 1.54) is 12.1 Å². The number of fused-ring (bicyclic) bond motifs is 1. The van der Waals surface area contributed by atoms with E-state index in [0.717, 1.165) is 27.9 Å². The van der Waals surface area contributed by atoms with Gasteiger partial charge in [0.05, 0.1) is 16.6 Å². The van der Waals surface area contributed by atoms with Gasteiger partial charge in [0.15, 0.2) is 0 Å². The first-order valence-corrected chi connectivity index (χ1v) is 7.53. The maximum absolute atomic E-state index is 13.3. The number of halogens is 1. The van der Waals surface area contributed by atoms with E-state index in [9.17, 15) is 9.18 Å². The van der Waals surface area contributed by atoms with Crippen LogP contribution < -0.4 is 5.56 Å². The number of benzene rings is 1. The summed E-state index contributed by atoms with van der Waals surface area (Å²) in [6, 6.07) is 11.8. The first kappa shape index (κ1) is 14.4. The lowest BCUT2D eigenvalue weighted by atomic mass is 9.99. The first-order valence-electron chi connectivity index (χ1n) is 7.53. The molecule has 1 aromatic carbocycles.